The van der Waals surface area contributed by atoms with Crippen LogP contribution in [0.4, 0.5) is 5.69 Å². The van der Waals surface area contributed by atoms with E-state index < -0.39 is 22.0 Å². The van der Waals surface area contributed by atoms with Gasteiger partial charge in [0, 0.05) is 5.02 Å². The minimum absolute atomic E-state index is 0.00654. The van der Waals surface area contributed by atoms with Gasteiger partial charge in [-0.05, 0) is 25.1 Å². The van der Waals surface area contributed by atoms with E-state index in [1.165, 1.54) is 32.2 Å². The summed E-state index contributed by atoms with van der Waals surface area (Å²) in [5, 5.41) is 0.326. The Morgan fingerprint density at radius 1 is 1.50 bits per heavy atom. The van der Waals surface area contributed by atoms with Gasteiger partial charge in [0.05, 0.1) is 12.8 Å². The van der Waals surface area contributed by atoms with Crippen LogP contribution >= 0.6 is 11.6 Å². The summed E-state index contributed by atoms with van der Waals surface area (Å²) in [7, 11) is -2.73. The Morgan fingerprint density at radius 2 is 2.11 bits per heavy atom. The molecule has 0 bridgehead atoms. The van der Waals surface area contributed by atoms with Crippen molar-refractivity contribution in [3.63, 3.8) is 0 Å². The molecular formula is C10H13ClN2O4S. The molecule has 0 amide bonds. The molecule has 6 nitrogen and oxygen atoms in total. The number of sulfonamides is 1. The van der Waals surface area contributed by atoms with Crippen molar-refractivity contribution in [1.82, 2.24) is 4.72 Å². The highest BCUT2D eigenvalue weighted by Gasteiger charge is 2.24. The number of hydrogen-bond donors (Lipinski definition) is 2. The van der Waals surface area contributed by atoms with Crippen molar-refractivity contribution in [3.05, 3.63) is 23.2 Å². The number of benzene rings is 1. The molecule has 0 saturated heterocycles. The zero-order chi connectivity index (χ0) is 13.9. The van der Waals surface area contributed by atoms with Gasteiger partial charge in [-0.15, -0.1) is 0 Å². The van der Waals surface area contributed by atoms with Crippen LogP contribution in [-0.4, -0.2) is 27.5 Å². The van der Waals surface area contributed by atoms with Gasteiger partial charge in [-0.25, -0.2) is 8.42 Å². The quantitative estimate of drug-likeness (QED) is 0.630. The van der Waals surface area contributed by atoms with E-state index in [-0.39, 0.29) is 10.6 Å². The Balaban J connectivity index is 3.04. The third-order valence-electron chi connectivity index (χ3n) is 2.15. The number of esters is 1. The van der Waals surface area contributed by atoms with Crippen molar-refractivity contribution in [2.45, 2.75) is 17.9 Å². The molecule has 1 rings (SSSR count). The second-order valence-electron chi connectivity index (χ2n) is 3.55. The summed E-state index contributed by atoms with van der Waals surface area (Å²) < 4.78 is 30.5. The Kier molecular flexibility index (Phi) is 4.55. The zero-order valence-corrected chi connectivity index (χ0v) is 11.4. The molecule has 8 heteroatoms. The molecule has 3 N–H and O–H groups in total. The molecular weight excluding hydrogens is 280 g/mol. The summed E-state index contributed by atoms with van der Waals surface area (Å²) in [6.07, 6.45) is 0. The van der Waals surface area contributed by atoms with E-state index >= 15 is 0 Å². The first-order chi connectivity index (χ1) is 8.27. The number of nitrogen functional groups attached to an aromatic ring is 1. The third-order valence-corrected chi connectivity index (χ3v) is 4.00. The first kappa shape index (κ1) is 14.7. The standard InChI is InChI=1S/C10H13ClN2O4S/c1-6(10(14)17-2)13-18(15,16)9-4-3-7(11)5-8(9)12/h3-6,13H,12H2,1-2H3. The fourth-order valence-electron chi connectivity index (χ4n) is 1.29. The summed E-state index contributed by atoms with van der Waals surface area (Å²) in [6.45, 7) is 1.37. The van der Waals surface area contributed by atoms with Gasteiger partial charge in [-0.1, -0.05) is 11.6 Å². The molecule has 0 aliphatic carbocycles. The van der Waals surface area contributed by atoms with Crippen molar-refractivity contribution < 1.29 is 17.9 Å². The van der Waals surface area contributed by atoms with Crippen LogP contribution in [-0.2, 0) is 19.6 Å². The smallest absolute Gasteiger partial charge is 0.323 e. The molecule has 0 fully saturated rings. The number of hydrogen-bond acceptors (Lipinski definition) is 5. The van der Waals surface area contributed by atoms with Crippen LogP contribution in [0.2, 0.25) is 5.02 Å². The Morgan fingerprint density at radius 3 is 2.61 bits per heavy atom. The van der Waals surface area contributed by atoms with E-state index in [1.54, 1.807) is 0 Å². The van der Waals surface area contributed by atoms with Crippen LogP contribution in [0.25, 0.3) is 0 Å². The predicted molar refractivity (Wildman–Crippen MR) is 67.7 cm³/mol. The molecule has 0 aliphatic heterocycles. The minimum Gasteiger partial charge on any atom is -0.468 e. The lowest BCUT2D eigenvalue weighted by Crippen LogP contribution is -2.39. The van der Waals surface area contributed by atoms with E-state index in [9.17, 15) is 13.2 Å². The fourth-order valence-corrected chi connectivity index (χ4v) is 2.77. The third kappa shape index (κ3) is 3.34. The molecule has 0 aliphatic rings. The average molecular weight is 293 g/mol. The molecule has 100 valence electrons. The summed E-state index contributed by atoms with van der Waals surface area (Å²) >= 11 is 5.68. The number of anilines is 1. The molecule has 0 saturated carbocycles. The second kappa shape index (κ2) is 5.55. The number of carbonyl (C=O) groups excluding carboxylic acids is 1. The van der Waals surface area contributed by atoms with E-state index in [4.69, 9.17) is 17.3 Å². The van der Waals surface area contributed by atoms with Crippen molar-refractivity contribution in [1.29, 1.82) is 0 Å². The number of methoxy groups -OCH3 is 1. The molecule has 0 heterocycles. The molecule has 1 atom stereocenters. The summed E-state index contributed by atoms with van der Waals surface area (Å²) in [6, 6.07) is 2.98. The predicted octanol–water partition coefficient (Wildman–Crippen LogP) is 0.762. The van der Waals surface area contributed by atoms with Gasteiger partial charge in [0.1, 0.15) is 10.9 Å². The van der Waals surface area contributed by atoms with Gasteiger partial charge in [0.15, 0.2) is 0 Å². The first-order valence-corrected chi connectivity index (χ1v) is 6.79. The van der Waals surface area contributed by atoms with Crippen molar-refractivity contribution in [3.8, 4) is 0 Å². The van der Waals surface area contributed by atoms with Gasteiger partial charge in [-0.2, -0.15) is 4.72 Å². The number of ether oxygens (including phenoxy) is 1. The number of nitrogens with two attached hydrogens (primary N) is 1. The van der Waals surface area contributed by atoms with E-state index in [2.05, 4.69) is 9.46 Å². The fraction of sp³-hybridized carbons (Fsp3) is 0.300. The van der Waals surface area contributed by atoms with Gasteiger partial charge in [-0.3, -0.25) is 4.79 Å². The number of rotatable bonds is 4. The maximum absolute atomic E-state index is 12.0. The molecule has 1 aromatic rings. The summed E-state index contributed by atoms with van der Waals surface area (Å²) in [5.74, 6) is -0.689. The normalized spacial score (nSPS) is 13.1. The lowest BCUT2D eigenvalue weighted by Gasteiger charge is -2.13. The summed E-state index contributed by atoms with van der Waals surface area (Å²) in [5.41, 5.74) is 5.58. The van der Waals surface area contributed by atoms with Crippen molar-refractivity contribution in [2.24, 2.45) is 0 Å². The van der Waals surface area contributed by atoms with Crippen molar-refractivity contribution >= 4 is 33.3 Å². The van der Waals surface area contributed by atoms with Crippen LogP contribution in [0.3, 0.4) is 0 Å². The first-order valence-electron chi connectivity index (χ1n) is 4.93. The lowest BCUT2D eigenvalue weighted by molar-refractivity contribution is -0.142. The number of halogens is 1. The number of carbonyl (C=O) groups is 1. The van der Waals surface area contributed by atoms with Crippen LogP contribution < -0.4 is 10.5 Å². The molecule has 1 aromatic carbocycles. The molecule has 18 heavy (non-hydrogen) atoms. The molecule has 0 radical (unpaired) electrons. The largest absolute Gasteiger partial charge is 0.468 e. The Bertz CT molecular complexity index is 559. The summed E-state index contributed by atoms with van der Waals surface area (Å²) in [4.78, 5) is 11.0. The lowest BCUT2D eigenvalue weighted by atomic mass is 10.3. The van der Waals surface area contributed by atoms with Crippen LogP contribution in [0.1, 0.15) is 6.92 Å². The second-order valence-corrected chi connectivity index (χ2v) is 5.67. The monoisotopic (exact) mass is 292 g/mol. The molecule has 1 unspecified atom stereocenters. The van der Waals surface area contributed by atoms with E-state index in [1.807, 2.05) is 0 Å². The SMILES string of the molecule is COC(=O)C(C)NS(=O)(=O)c1ccc(Cl)cc1N. The minimum atomic E-state index is -3.90. The Labute approximate surface area is 110 Å². The molecule has 0 aromatic heterocycles. The van der Waals surface area contributed by atoms with Crippen LogP contribution in [0, 0.1) is 0 Å². The highest BCUT2D eigenvalue weighted by molar-refractivity contribution is 7.89. The maximum Gasteiger partial charge on any atom is 0.323 e. The zero-order valence-electron chi connectivity index (χ0n) is 9.81. The van der Waals surface area contributed by atoms with E-state index in [0.717, 1.165) is 0 Å². The molecule has 0 spiro atoms. The average Bonchev–Trinajstić information content (AvgIpc) is 2.26. The maximum atomic E-state index is 12.0. The van der Waals surface area contributed by atoms with Gasteiger partial charge < -0.3 is 10.5 Å². The van der Waals surface area contributed by atoms with Gasteiger partial charge >= 0.3 is 5.97 Å². The van der Waals surface area contributed by atoms with Gasteiger partial charge in [0.25, 0.3) is 0 Å². The highest BCUT2D eigenvalue weighted by Crippen LogP contribution is 2.22. The van der Waals surface area contributed by atoms with Crippen LogP contribution in [0.15, 0.2) is 23.1 Å². The number of nitrogens with one attached hydrogen (secondary N) is 1. The van der Waals surface area contributed by atoms with Crippen molar-refractivity contribution in [2.75, 3.05) is 12.8 Å². The van der Waals surface area contributed by atoms with Crippen LogP contribution in [0.5, 0.6) is 0 Å². The topological polar surface area (TPSA) is 98.5 Å². The van der Waals surface area contributed by atoms with Gasteiger partial charge in [0.2, 0.25) is 10.0 Å². The Hall–Kier alpha value is -1.31. The van der Waals surface area contributed by atoms with E-state index in [0.29, 0.717) is 5.02 Å². The highest BCUT2D eigenvalue weighted by atomic mass is 35.5.